The first kappa shape index (κ1) is 18.8. The maximum atomic E-state index is 12.6. The standard InChI is InChI=1S/C19H20N2O5S/c1-4-27(23,24)21-15-10-9-13(11-17(15)25-3)20-19(22)18-12(2)14-7-5-6-8-16(14)26-18/h5-11,21H,4H2,1-3H3,(H,20,22). The van der Waals surface area contributed by atoms with Crippen molar-refractivity contribution in [3.63, 3.8) is 0 Å². The molecule has 2 aromatic carbocycles. The van der Waals surface area contributed by atoms with Gasteiger partial charge in [0.2, 0.25) is 10.0 Å². The molecule has 1 amide bonds. The minimum Gasteiger partial charge on any atom is -0.494 e. The highest BCUT2D eigenvalue weighted by atomic mass is 32.2. The van der Waals surface area contributed by atoms with Gasteiger partial charge in [-0.15, -0.1) is 0 Å². The van der Waals surface area contributed by atoms with Crippen LogP contribution in [0.5, 0.6) is 5.75 Å². The monoisotopic (exact) mass is 388 g/mol. The summed E-state index contributed by atoms with van der Waals surface area (Å²) in [5.41, 5.74) is 2.15. The van der Waals surface area contributed by atoms with E-state index in [1.807, 2.05) is 25.1 Å². The molecule has 3 rings (SSSR count). The molecule has 3 aromatic rings. The molecular formula is C19H20N2O5S. The molecule has 1 heterocycles. The van der Waals surface area contributed by atoms with E-state index in [9.17, 15) is 13.2 Å². The Kier molecular flexibility index (Phi) is 5.09. The average Bonchev–Trinajstić information content (AvgIpc) is 3.00. The number of furan rings is 1. The van der Waals surface area contributed by atoms with Crippen molar-refractivity contribution in [2.24, 2.45) is 0 Å². The number of rotatable bonds is 6. The summed E-state index contributed by atoms with van der Waals surface area (Å²) in [5, 5.41) is 3.63. The first-order chi connectivity index (χ1) is 12.8. The van der Waals surface area contributed by atoms with E-state index in [1.54, 1.807) is 25.1 Å². The highest BCUT2D eigenvalue weighted by molar-refractivity contribution is 7.92. The van der Waals surface area contributed by atoms with Crippen molar-refractivity contribution in [1.82, 2.24) is 0 Å². The Morgan fingerprint density at radius 1 is 1.19 bits per heavy atom. The van der Waals surface area contributed by atoms with E-state index in [0.29, 0.717) is 22.7 Å². The number of sulfonamides is 1. The summed E-state index contributed by atoms with van der Waals surface area (Å²) >= 11 is 0. The van der Waals surface area contributed by atoms with Gasteiger partial charge in [0.05, 0.1) is 18.6 Å². The van der Waals surface area contributed by atoms with Gasteiger partial charge < -0.3 is 14.5 Å². The van der Waals surface area contributed by atoms with Crippen molar-refractivity contribution in [3.8, 4) is 5.75 Å². The Morgan fingerprint density at radius 3 is 2.59 bits per heavy atom. The quantitative estimate of drug-likeness (QED) is 0.670. The molecule has 0 aliphatic carbocycles. The smallest absolute Gasteiger partial charge is 0.291 e. The second-order valence-electron chi connectivity index (χ2n) is 5.93. The van der Waals surface area contributed by atoms with E-state index < -0.39 is 15.9 Å². The molecule has 0 aliphatic rings. The van der Waals surface area contributed by atoms with Crippen molar-refractivity contribution >= 4 is 38.3 Å². The lowest BCUT2D eigenvalue weighted by molar-refractivity contribution is 0.0998. The Morgan fingerprint density at radius 2 is 1.93 bits per heavy atom. The van der Waals surface area contributed by atoms with Crippen LogP contribution in [-0.2, 0) is 10.0 Å². The van der Waals surface area contributed by atoms with Crippen LogP contribution in [0, 0.1) is 6.92 Å². The summed E-state index contributed by atoms with van der Waals surface area (Å²) in [4.78, 5) is 12.6. The topological polar surface area (TPSA) is 97.6 Å². The van der Waals surface area contributed by atoms with Crippen molar-refractivity contribution in [1.29, 1.82) is 0 Å². The number of benzene rings is 2. The predicted molar refractivity (Wildman–Crippen MR) is 105 cm³/mol. The Labute approximate surface area is 157 Å². The zero-order chi connectivity index (χ0) is 19.6. The van der Waals surface area contributed by atoms with Gasteiger partial charge in [0, 0.05) is 22.7 Å². The molecule has 0 radical (unpaired) electrons. The number of nitrogens with one attached hydrogen (secondary N) is 2. The largest absolute Gasteiger partial charge is 0.494 e. The molecule has 2 N–H and O–H groups in total. The van der Waals surface area contributed by atoms with Gasteiger partial charge >= 0.3 is 0 Å². The fourth-order valence-electron chi connectivity index (χ4n) is 2.67. The van der Waals surface area contributed by atoms with Crippen LogP contribution >= 0.6 is 0 Å². The maximum absolute atomic E-state index is 12.6. The number of aryl methyl sites for hydroxylation is 1. The van der Waals surface area contributed by atoms with Crippen LogP contribution in [0.4, 0.5) is 11.4 Å². The lowest BCUT2D eigenvalue weighted by Crippen LogP contribution is -2.16. The Bertz CT molecular complexity index is 1100. The number of carbonyl (C=O) groups excluding carboxylic acids is 1. The number of para-hydroxylation sites is 1. The number of hydrogen-bond acceptors (Lipinski definition) is 5. The van der Waals surface area contributed by atoms with E-state index >= 15 is 0 Å². The lowest BCUT2D eigenvalue weighted by Gasteiger charge is -2.13. The van der Waals surface area contributed by atoms with Gasteiger partial charge in [0.15, 0.2) is 5.76 Å². The minimum absolute atomic E-state index is 0.0556. The molecule has 0 unspecified atom stereocenters. The molecule has 27 heavy (non-hydrogen) atoms. The zero-order valence-corrected chi connectivity index (χ0v) is 16.0. The summed E-state index contributed by atoms with van der Waals surface area (Å²) in [6, 6.07) is 12.1. The third kappa shape index (κ3) is 3.90. The number of methoxy groups -OCH3 is 1. The third-order valence-electron chi connectivity index (χ3n) is 4.15. The van der Waals surface area contributed by atoms with E-state index in [2.05, 4.69) is 10.0 Å². The van der Waals surface area contributed by atoms with Crippen LogP contribution in [0.1, 0.15) is 23.0 Å². The Balaban J connectivity index is 1.86. The van der Waals surface area contributed by atoms with Crippen LogP contribution in [0.2, 0.25) is 0 Å². The summed E-state index contributed by atoms with van der Waals surface area (Å²) < 4.78 is 36.9. The SMILES string of the molecule is CCS(=O)(=O)Nc1ccc(NC(=O)c2oc3ccccc3c2C)cc1OC. The Hall–Kier alpha value is -3.00. The van der Waals surface area contributed by atoms with Gasteiger partial charge in [-0.25, -0.2) is 8.42 Å². The van der Waals surface area contributed by atoms with E-state index in [-0.39, 0.29) is 11.5 Å². The number of ether oxygens (including phenoxy) is 1. The first-order valence-corrected chi connectivity index (χ1v) is 9.98. The number of anilines is 2. The minimum atomic E-state index is -3.44. The molecule has 0 saturated carbocycles. The van der Waals surface area contributed by atoms with Crippen molar-refractivity contribution < 1.29 is 22.4 Å². The highest BCUT2D eigenvalue weighted by Gasteiger charge is 2.18. The number of amides is 1. The van der Waals surface area contributed by atoms with Gasteiger partial charge in [-0.1, -0.05) is 18.2 Å². The van der Waals surface area contributed by atoms with Crippen LogP contribution in [0.25, 0.3) is 11.0 Å². The van der Waals surface area contributed by atoms with E-state index in [0.717, 1.165) is 10.9 Å². The number of carbonyl (C=O) groups is 1. The second-order valence-corrected chi connectivity index (χ2v) is 7.94. The first-order valence-electron chi connectivity index (χ1n) is 8.32. The molecule has 0 aliphatic heterocycles. The predicted octanol–water partition coefficient (Wildman–Crippen LogP) is 3.76. The zero-order valence-electron chi connectivity index (χ0n) is 15.2. The summed E-state index contributed by atoms with van der Waals surface area (Å²) in [7, 11) is -2.01. The molecule has 0 fully saturated rings. The molecule has 8 heteroatoms. The van der Waals surface area contributed by atoms with E-state index in [4.69, 9.17) is 9.15 Å². The van der Waals surface area contributed by atoms with Crippen LogP contribution in [-0.4, -0.2) is 27.2 Å². The van der Waals surface area contributed by atoms with Gasteiger partial charge in [-0.2, -0.15) is 0 Å². The lowest BCUT2D eigenvalue weighted by atomic mass is 10.1. The van der Waals surface area contributed by atoms with Gasteiger partial charge in [-0.05, 0) is 32.0 Å². The van der Waals surface area contributed by atoms with Crippen molar-refractivity contribution in [2.75, 3.05) is 22.9 Å². The molecule has 142 valence electrons. The number of fused-ring (bicyclic) bond motifs is 1. The molecule has 0 saturated heterocycles. The molecule has 0 spiro atoms. The molecule has 0 atom stereocenters. The van der Waals surface area contributed by atoms with Gasteiger partial charge in [0.25, 0.3) is 5.91 Å². The summed E-state index contributed by atoms with van der Waals surface area (Å²) in [6.07, 6.45) is 0. The average molecular weight is 388 g/mol. The van der Waals surface area contributed by atoms with Crippen LogP contribution in [0.3, 0.4) is 0 Å². The summed E-state index contributed by atoms with van der Waals surface area (Å²) in [5.74, 6) is 0.0738. The summed E-state index contributed by atoms with van der Waals surface area (Å²) in [6.45, 7) is 3.36. The van der Waals surface area contributed by atoms with E-state index in [1.165, 1.54) is 13.2 Å². The fraction of sp³-hybridized carbons (Fsp3) is 0.211. The second kappa shape index (κ2) is 7.32. The molecule has 1 aromatic heterocycles. The van der Waals surface area contributed by atoms with Crippen molar-refractivity contribution in [2.45, 2.75) is 13.8 Å². The highest BCUT2D eigenvalue weighted by Crippen LogP contribution is 2.30. The molecule has 7 nitrogen and oxygen atoms in total. The maximum Gasteiger partial charge on any atom is 0.291 e. The molecule has 0 bridgehead atoms. The third-order valence-corrected chi connectivity index (χ3v) is 5.45. The number of hydrogen-bond donors (Lipinski definition) is 2. The van der Waals surface area contributed by atoms with Crippen LogP contribution < -0.4 is 14.8 Å². The van der Waals surface area contributed by atoms with Gasteiger partial charge in [0.1, 0.15) is 11.3 Å². The van der Waals surface area contributed by atoms with Crippen molar-refractivity contribution in [3.05, 3.63) is 53.8 Å². The normalized spacial score (nSPS) is 11.4. The van der Waals surface area contributed by atoms with Gasteiger partial charge in [-0.3, -0.25) is 9.52 Å². The molecular weight excluding hydrogens is 368 g/mol. The fourth-order valence-corrected chi connectivity index (χ4v) is 3.32. The van der Waals surface area contributed by atoms with Crippen LogP contribution in [0.15, 0.2) is 46.9 Å².